The highest BCUT2D eigenvalue weighted by Gasteiger charge is 2.62. The maximum Gasteiger partial charge on any atom is 0.289 e. The molecule has 2 amide bonds. The zero-order valence-corrected chi connectivity index (χ0v) is 16.7. The molecule has 6 nitrogen and oxygen atoms in total. The lowest BCUT2D eigenvalue weighted by atomic mass is 9.85. The van der Waals surface area contributed by atoms with E-state index < -0.39 is 16.8 Å². The topological polar surface area (TPSA) is 80.5 Å². The number of anilines is 1. The molecule has 7 heteroatoms. The van der Waals surface area contributed by atoms with E-state index in [0.29, 0.717) is 0 Å². The molecule has 0 aromatic heterocycles. The Labute approximate surface area is 177 Å². The summed E-state index contributed by atoms with van der Waals surface area (Å²) in [4.78, 5) is 38.3. The number of allylic oxidation sites excluding steroid dienone is 4. The normalized spacial score (nSPS) is 26.5. The second-order valence-electron chi connectivity index (χ2n) is 7.84. The van der Waals surface area contributed by atoms with Crippen molar-refractivity contribution in [3.05, 3.63) is 87.0 Å². The van der Waals surface area contributed by atoms with Crippen molar-refractivity contribution in [3.8, 4) is 0 Å². The lowest BCUT2D eigenvalue weighted by Crippen LogP contribution is -2.33. The summed E-state index contributed by atoms with van der Waals surface area (Å²) in [6.07, 6.45) is 4.04. The van der Waals surface area contributed by atoms with Gasteiger partial charge >= 0.3 is 0 Å². The molecule has 2 aromatic carbocycles. The summed E-state index contributed by atoms with van der Waals surface area (Å²) in [6, 6.07) is 14.0. The molecule has 4 atom stereocenters. The predicted molar refractivity (Wildman–Crippen MR) is 113 cm³/mol. The molecule has 150 valence electrons. The molecule has 0 radical (unpaired) electrons. The number of nitrogens with zero attached hydrogens (tertiary/aromatic N) is 2. The molecule has 5 rings (SSSR count). The van der Waals surface area contributed by atoms with Crippen molar-refractivity contribution in [1.82, 2.24) is 0 Å². The molecule has 0 spiro atoms. The highest BCUT2D eigenvalue weighted by molar-refractivity contribution is 6.33. The van der Waals surface area contributed by atoms with Gasteiger partial charge in [-0.25, -0.2) is 4.90 Å². The highest BCUT2D eigenvalue weighted by Crippen LogP contribution is 2.58. The average molecular weight is 421 g/mol. The molecule has 1 saturated carbocycles. The van der Waals surface area contributed by atoms with Crippen molar-refractivity contribution in [1.29, 1.82) is 0 Å². The third-order valence-electron chi connectivity index (χ3n) is 6.44. The maximum absolute atomic E-state index is 13.3. The smallest absolute Gasteiger partial charge is 0.274 e. The Morgan fingerprint density at radius 2 is 1.60 bits per heavy atom. The van der Waals surface area contributed by atoms with Gasteiger partial charge in [0, 0.05) is 17.9 Å². The van der Waals surface area contributed by atoms with Gasteiger partial charge in [-0.3, -0.25) is 19.7 Å². The van der Waals surface area contributed by atoms with E-state index in [0.717, 1.165) is 21.6 Å². The van der Waals surface area contributed by atoms with Crippen LogP contribution >= 0.6 is 11.6 Å². The first-order valence-electron chi connectivity index (χ1n) is 9.66. The SMILES string of the molecule is CC(=C1[C@H]2C=C[C@H]1[C@@H]1C(=O)N(c3ccc(Cl)c([N+](=O)[O-])c3)C(=O)[C@H]12)c1ccccc1. The van der Waals surface area contributed by atoms with E-state index in [9.17, 15) is 19.7 Å². The van der Waals surface area contributed by atoms with Gasteiger partial charge in [0.25, 0.3) is 5.69 Å². The number of carbonyl (C=O) groups excluding carboxylic acids is 2. The van der Waals surface area contributed by atoms with E-state index in [-0.39, 0.29) is 40.0 Å². The van der Waals surface area contributed by atoms with Crippen molar-refractivity contribution in [2.75, 3.05) is 4.90 Å². The molecule has 1 heterocycles. The molecule has 0 N–H and O–H groups in total. The minimum atomic E-state index is -0.618. The fourth-order valence-corrected chi connectivity index (χ4v) is 5.34. The Morgan fingerprint density at radius 3 is 2.17 bits per heavy atom. The summed E-state index contributed by atoms with van der Waals surface area (Å²) in [7, 11) is 0. The van der Waals surface area contributed by atoms with Crippen LogP contribution in [0.15, 0.2) is 66.3 Å². The third kappa shape index (κ3) is 2.50. The Balaban J connectivity index is 1.54. The fraction of sp³-hybridized carbons (Fsp3) is 0.217. The van der Waals surface area contributed by atoms with Crippen LogP contribution in [0.25, 0.3) is 5.57 Å². The summed E-state index contributed by atoms with van der Waals surface area (Å²) in [5, 5.41) is 11.2. The van der Waals surface area contributed by atoms with Crippen molar-refractivity contribution in [2.24, 2.45) is 23.7 Å². The molecular weight excluding hydrogens is 404 g/mol. The van der Waals surface area contributed by atoms with Crippen LogP contribution in [0, 0.1) is 33.8 Å². The van der Waals surface area contributed by atoms with Gasteiger partial charge in [0.2, 0.25) is 11.8 Å². The lowest BCUT2D eigenvalue weighted by molar-refractivity contribution is -0.384. The first kappa shape index (κ1) is 18.8. The predicted octanol–water partition coefficient (Wildman–Crippen LogP) is 4.64. The third-order valence-corrected chi connectivity index (χ3v) is 6.76. The number of halogens is 1. The standard InChI is InChI=1S/C23H17ClN2O4/c1-12(13-5-3-2-4-6-13)19-15-8-9-16(19)21-20(15)22(27)25(23(21)28)14-7-10-17(24)18(11-14)26(29)30/h2-11,15-16,20-21H,1H3/t15-,16-,20+,21+/m1/s1. The van der Waals surface area contributed by atoms with Crippen LogP contribution in [-0.2, 0) is 9.59 Å². The molecule has 2 fully saturated rings. The van der Waals surface area contributed by atoms with Crippen LogP contribution in [0.4, 0.5) is 11.4 Å². The number of imide groups is 1. The summed E-state index contributed by atoms with van der Waals surface area (Å²) in [6.45, 7) is 2.04. The second kappa shape index (κ2) is 6.64. The van der Waals surface area contributed by atoms with Gasteiger partial charge in [-0.05, 0) is 30.2 Å². The Hall–Kier alpha value is -3.25. The number of amides is 2. The van der Waals surface area contributed by atoms with Crippen LogP contribution in [0.2, 0.25) is 5.02 Å². The minimum absolute atomic E-state index is 0.0338. The molecule has 2 aromatic rings. The van der Waals surface area contributed by atoms with Gasteiger partial charge in [-0.1, -0.05) is 59.7 Å². The van der Waals surface area contributed by atoms with Gasteiger partial charge in [0.1, 0.15) is 5.02 Å². The number of hydrogen-bond donors (Lipinski definition) is 0. The Bertz CT molecular complexity index is 1140. The van der Waals surface area contributed by atoms with Crippen LogP contribution in [0.3, 0.4) is 0 Å². The molecule has 30 heavy (non-hydrogen) atoms. The average Bonchev–Trinajstić information content (AvgIpc) is 3.38. The van der Waals surface area contributed by atoms with Crippen molar-refractivity contribution < 1.29 is 14.5 Å². The van der Waals surface area contributed by atoms with Crippen LogP contribution < -0.4 is 4.90 Å². The number of benzene rings is 2. The van der Waals surface area contributed by atoms with Crippen LogP contribution in [0.5, 0.6) is 0 Å². The Morgan fingerprint density at radius 1 is 1.00 bits per heavy atom. The first-order chi connectivity index (χ1) is 14.4. The number of carbonyl (C=O) groups is 2. The zero-order chi connectivity index (χ0) is 21.2. The monoisotopic (exact) mass is 420 g/mol. The van der Waals surface area contributed by atoms with Crippen molar-refractivity contribution in [2.45, 2.75) is 6.92 Å². The number of fused-ring (bicyclic) bond motifs is 5. The summed E-state index contributed by atoms with van der Waals surface area (Å²) in [5.41, 5.74) is 3.17. The van der Waals surface area contributed by atoms with Gasteiger partial charge in [0.05, 0.1) is 22.4 Å². The Kier molecular flexibility index (Phi) is 4.15. The summed E-state index contributed by atoms with van der Waals surface area (Å²) >= 11 is 5.89. The number of rotatable bonds is 3. The number of hydrogen-bond acceptors (Lipinski definition) is 4. The molecule has 0 unspecified atom stereocenters. The van der Waals surface area contributed by atoms with E-state index in [1.807, 2.05) is 49.4 Å². The molecular formula is C23H17ClN2O4. The zero-order valence-electron chi connectivity index (χ0n) is 16.0. The number of nitro benzene ring substituents is 1. The van der Waals surface area contributed by atoms with E-state index in [1.54, 1.807) is 0 Å². The fourth-order valence-electron chi connectivity index (χ4n) is 5.15. The van der Waals surface area contributed by atoms with E-state index in [4.69, 9.17) is 11.6 Å². The second-order valence-corrected chi connectivity index (χ2v) is 8.25. The van der Waals surface area contributed by atoms with Gasteiger partial charge in [-0.15, -0.1) is 0 Å². The quantitative estimate of drug-likeness (QED) is 0.313. The largest absolute Gasteiger partial charge is 0.289 e. The number of nitro groups is 1. The van der Waals surface area contributed by atoms with Gasteiger partial charge in [-0.2, -0.15) is 0 Å². The van der Waals surface area contributed by atoms with Gasteiger partial charge in [0.15, 0.2) is 0 Å². The molecule has 2 aliphatic carbocycles. The van der Waals surface area contributed by atoms with Crippen LogP contribution in [0.1, 0.15) is 12.5 Å². The van der Waals surface area contributed by atoms with E-state index >= 15 is 0 Å². The highest BCUT2D eigenvalue weighted by atomic mass is 35.5. The summed E-state index contributed by atoms with van der Waals surface area (Å²) < 4.78 is 0. The molecule has 2 bridgehead atoms. The van der Waals surface area contributed by atoms with Crippen molar-refractivity contribution >= 4 is 40.4 Å². The van der Waals surface area contributed by atoms with E-state index in [2.05, 4.69) is 0 Å². The molecule has 3 aliphatic rings. The lowest BCUT2D eigenvalue weighted by Gasteiger charge is -2.20. The van der Waals surface area contributed by atoms with Crippen LogP contribution in [-0.4, -0.2) is 16.7 Å². The minimum Gasteiger partial charge on any atom is -0.274 e. The van der Waals surface area contributed by atoms with Crippen molar-refractivity contribution in [3.63, 3.8) is 0 Å². The molecule has 1 saturated heterocycles. The summed E-state index contributed by atoms with van der Waals surface area (Å²) in [5.74, 6) is -1.84. The first-order valence-corrected chi connectivity index (χ1v) is 10.0. The maximum atomic E-state index is 13.3. The van der Waals surface area contributed by atoms with Gasteiger partial charge < -0.3 is 0 Å². The molecule has 1 aliphatic heterocycles. The van der Waals surface area contributed by atoms with E-state index in [1.165, 1.54) is 18.2 Å².